The number of hydrogen-bond donors (Lipinski definition) is 1. The van der Waals surface area contributed by atoms with Crippen LogP contribution < -0.4 is 5.32 Å². The number of carbonyl (C=O) groups excluding carboxylic acids is 1. The topological polar surface area (TPSA) is 78.2 Å². The van der Waals surface area contributed by atoms with E-state index in [1.165, 1.54) is 0 Å². The Morgan fingerprint density at radius 2 is 2.00 bits per heavy atom. The first kappa shape index (κ1) is 19.6. The lowest BCUT2D eigenvalue weighted by atomic mass is 10.2. The largest absolute Gasteiger partial charge is 0.376 e. The fourth-order valence-electron chi connectivity index (χ4n) is 3.44. The van der Waals surface area contributed by atoms with Gasteiger partial charge < -0.3 is 14.6 Å². The van der Waals surface area contributed by atoms with Gasteiger partial charge in [-0.15, -0.1) is 0 Å². The van der Waals surface area contributed by atoms with E-state index in [9.17, 15) is 9.00 Å². The van der Waals surface area contributed by atoms with Gasteiger partial charge in [-0.25, -0.2) is 4.68 Å². The van der Waals surface area contributed by atoms with E-state index in [4.69, 9.17) is 4.74 Å². The lowest BCUT2D eigenvalue weighted by molar-refractivity contribution is -0.119. The van der Waals surface area contributed by atoms with Gasteiger partial charge in [0.25, 0.3) is 0 Å². The molecule has 0 spiro atoms. The number of hydrogen-bond acceptors (Lipinski definition) is 4. The maximum Gasteiger partial charge on any atom is 0.232 e. The van der Waals surface area contributed by atoms with Crippen LogP contribution >= 0.6 is 0 Å². The van der Waals surface area contributed by atoms with E-state index in [0.29, 0.717) is 6.54 Å². The maximum atomic E-state index is 12.7. The van der Waals surface area contributed by atoms with Gasteiger partial charge >= 0.3 is 0 Å². The van der Waals surface area contributed by atoms with Crippen LogP contribution in [0.1, 0.15) is 18.4 Å². The van der Waals surface area contributed by atoms with Crippen molar-refractivity contribution < 1.29 is 13.7 Å². The molecule has 4 rings (SSSR count). The van der Waals surface area contributed by atoms with Crippen LogP contribution in [0, 0.1) is 0 Å². The van der Waals surface area contributed by atoms with Crippen molar-refractivity contribution in [3.05, 3.63) is 66.6 Å². The Morgan fingerprint density at radius 1 is 1.21 bits per heavy atom. The Balaban J connectivity index is 1.46. The fraction of sp³-hybridized carbons (Fsp3) is 0.333. The number of ether oxygens (including phenoxy) is 1. The van der Waals surface area contributed by atoms with E-state index in [2.05, 4.69) is 10.4 Å². The van der Waals surface area contributed by atoms with Gasteiger partial charge in [0.05, 0.1) is 23.7 Å². The Labute approximate surface area is 172 Å². The van der Waals surface area contributed by atoms with Gasteiger partial charge in [-0.3, -0.25) is 9.00 Å². The first-order valence-electron chi connectivity index (χ1n) is 9.69. The van der Waals surface area contributed by atoms with Crippen molar-refractivity contribution in [2.45, 2.75) is 24.7 Å². The summed E-state index contributed by atoms with van der Waals surface area (Å²) in [4.78, 5) is 12.2. The molecule has 3 heterocycles. The van der Waals surface area contributed by atoms with Crippen LogP contribution in [0.4, 0.5) is 0 Å². The van der Waals surface area contributed by atoms with Crippen molar-refractivity contribution >= 4 is 16.7 Å². The molecule has 2 atom stereocenters. The molecule has 1 saturated heterocycles. The number of aromatic nitrogens is 3. The first-order chi connectivity index (χ1) is 14.2. The van der Waals surface area contributed by atoms with Crippen LogP contribution in [0.5, 0.6) is 0 Å². The van der Waals surface area contributed by atoms with E-state index >= 15 is 0 Å². The highest BCUT2D eigenvalue weighted by Crippen LogP contribution is 2.21. The third kappa shape index (κ3) is 4.83. The maximum absolute atomic E-state index is 12.7. The minimum absolute atomic E-state index is 0.0334. The SMILES string of the molecule is O=C(C[S@](=O)Cc1cnn(-c2ccccc2)c1-n1cccc1)NC[C@H]1CCCO1. The Morgan fingerprint density at radius 3 is 2.72 bits per heavy atom. The molecular formula is C21H24N4O3S. The molecule has 1 fully saturated rings. The van der Waals surface area contributed by atoms with Crippen LogP contribution in [0.25, 0.3) is 11.5 Å². The molecule has 1 aliphatic rings. The Hall–Kier alpha value is -2.71. The average molecular weight is 413 g/mol. The normalized spacial score (nSPS) is 17.3. The number of para-hydroxylation sites is 1. The molecule has 1 N–H and O–H groups in total. The predicted octanol–water partition coefficient (Wildman–Crippen LogP) is 2.21. The minimum Gasteiger partial charge on any atom is -0.376 e. The van der Waals surface area contributed by atoms with Crippen molar-refractivity contribution in [3.8, 4) is 11.5 Å². The number of carbonyl (C=O) groups is 1. The van der Waals surface area contributed by atoms with Crippen LogP contribution in [0.3, 0.4) is 0 Å². The van der Waals surface area contributed by atoms with E-state index in [-0.39, 0.29) is 23.5 Å². The van der Waals surface area contributed by atoms with Crippen LogP contribution in [-0.2, 0) is 26.1 Å². The summed E-state index contributed by atoms with van der Waals surface area (Å²) in [6.07, 6.45) is 7.65. The number of nitrogens with one attached hydrogen (secondary N) is 1. The zero-order chi connectivity index (χ0) is 20.1. The molecular weight excluding hydrogens is 388 g/mol. The predicted molar refractivity (Wildman–Crippen MR) is 112 cm³/mol. The second-order valence-electron chi connectivity index (χ2n) is 7.00. The molecule has 0 saturated carbocycles. The van der Waals surface area contributed by atoms with Crippen molar-refractivity contribution in [1.29, 1.82) is 0 Å². The average Bonchev–Trinajstić information content (AvgIpc) is 3.48. The highest BCUT2D eigenvalue weighted by molar-refractivity contribution is 7.84. The van der Waals surface area contributed by atoms with Crippen molar-refractivity contribution in [1.82, 2.24) is 19.7 Å². The summed E-state index contributed by atoms with van der Waals surface area (Å²) in [5.41, 5.74) is 1.75. The summed E-state index contributed by atoms with van der Waals surface area (Å²) in [5.74, 6) is 0.841. The molecule has 29 heavy (non-hydrogen) atoms. The summed E-state index contributed by atoms with van der Waals surface area (Å²) in [5, 5.41) is 7.34. The fourth-order valence-corrected chi connectivity index (χ4v) is 4.49. The Bertz CT molecular complexity index is 963. The zero-order valence-electron chi connectivity index (χ0n) is 16.1. The van der Waals surface area contributed by atoms with Gasteiger partial charge in [0, 0.05) is 41.9 Å². The van der Waals surface area contributed by atoms with Gasteiger partial charge in [0.1, 0.15) is 11.6 Å². The van der Waals surface area contributed by atoms with E-state index in [0.717, 1.165) is 36.5 Å². The van der Waals surface area contributed by atoms with Gasteiger partial charge in [-0.1, -0.05) is 18.2 Å². The highest BCUT2D eigenvalue weighted by atomic mass is 32.2. The summed E-state index contributed by atoms with van der Waals surface area (Å²) < 4.78 is 21.9. The molecule has 7 nitrogen and oxygen atoms in total. The summed E-state index contributed by atoms with van der Waals surface area (Å²) in [6, 6.07) is 13.7. The second kappa shape index (κ2) is 9.19. The van der Waals surface area contributed by atoms with Gasteiger partial charge in [-0.05, 0) is 37.1 Å². The molecule has 3 aromatic rings. The molecule has 0 unspecified atom stereocenters. The van der Waals surface area contributed by atoms with Crippen LogP contribution in [-0.4, -0.2) is 49.5 Å². The first-order valence-corrected chi connectivity index (χ1v) is 11.2. The Kier molecular flexibility index (Phi) is 6.21. The van der Waals surface area contributed by atoms with E-state index in [1.54, 1.807) is 6.20 Å². The highest BCUT2D eigenvalue weighted by Gasteiger charge is 2.19. The van der Waals surface area contributed by atoms with Gasteiger partial charge in [-0.2, -0.15) is 5.10 Å². The number of benzene rings is 1. The van der Waals surface area contributed by atoms with Crippen LogP contribution in [0.15, 0.2) is 61.1 Å². The number of amides is 1. The van der Waals surface area contributed by atoms with Crippen molar-refractivity contribution in [2.75, 3.05) is 18.9 Å². The molecule has 152 valence electrons. The number of rotatable bonds is 8. The molecule has 2 aromatic heterocycles. The quantitative estimate of drug-likeness (QED) is 0.615. The van der Waals surface area contributed by atoms with Crippen molar-refractivity contribution in [3.63, 3.8) is 0 Å². The molecule has 1 amide bonds. The summed E-state index contributed by atoms with van der Waals surface area (Å²) >= 11 is 0. The lowest BCUT2D eigenvalue weighted by Crippen LogP contribution is -2.34. The smallest absolute Gasteiger partial charge is 0.232 e. The number of nitrogens with zero attached hydrogens (tertiary/aromatic N) is 3. The van der Waals surface area contributed by atoms with Gasteiger partial charge in [0.2, 0.25) is 5.91 Å². The summed E-state index contributed by atoms with van der Waals surface area (Å²) in [6.45, 7) is 1.23. The van der Waals surface area contributed by atoms with E-state index < -0.39 is 10.8 Å². The van der Waals surface area contributed by atoms with E-state index in [1.807, 2.05) is 64.1 Å². The monoisotopic (exact) mass is 412 g/mol. The lowest BCUT2D eigenvalue weighted by Gasteiger charge is -2.12. The molecule has 0 bridgehead atoms. The van der Waals surface area contributed by atoms with Gasteiger partial charge in [0.15, 0.2) is 0 Å². The molecule has 0 aliphatic carbocycles. The third-order valence-electron chi connectivity index (χ3n) is 4.83. The molecule has 1 aliphatic heterocycles. The van der Waals surface area contributed by atoms with Crippen LogP contribution in [0.2, 0.25) is 0 Å². The summed E-state index contributed by atoms with van der Waals surface area (Å²) in [7, 11) is -1.34. The third-order valence-corrected chi connectivity index (χ3v) is 6.04. The standard InChI is InChI=1S/C21H24N4O3S/c26-20(22-14-19-9-6-12-28-19)16-29(27)15-17-13-23-25(18-7-2-1-3-8-18)21(17)24-10-4-5-11-24/h1-5,7-8,10-11,13,19H,6,9,12,14-16H2,(H,22,26)/t19-,29-/m1/s1. The zero-order valence-corrected chi connectivity index (χ0v) is 16.9. The molecule has 8 heteroatoms. The minimum atomic E-state index is -1.34. The second-order valence-corrected chi connectivity index (χ2v) is 8.46. The van der Waals surface area contributed by atoms with Crippen molar-refractivity contribution in [2.24, 2.45) is 0 Å². The molecule has 1 aromatic carbocycles. The molecule has 0 radical (unpaired) electrons.